The zero-order chi connectivity index (χ0) is 22.0. The number of aromatic amines is 1. The van der Waals surface area contributed by atoms with Crippen molar-refractivity contribution < 1.29 is 4.90 Å². The van der Waals surface area contributed by atoms with Crippen LogP contribution in [0.2, 0.25) is 0 Å². The van der Waals surface area contributed by atoms with Crippen LogP contribution in [-0.4, -0.2) is 25.2 Å². The van der Waals surface area contributed by atoms with Crippen molar-refractivity contribution in [2.75, 3.05) is 0 Å². The van der Waals surface area contributed by atoms with Crippen molar-refractivity contribution in [3.63, 3.8) is 0 Å². The number of tetrazole rings is 1. The average Bonchev–Trinajstić information content (AvgIpc) is 3.19. The van der Waals surface area contributed by atoms with Crippen LogP contribution in [0.25, 0.3) is 10.9 Å². The summed E-state index contributed by atoms with van der Waals surface area (Å²) in [5, 5.41) is 13.4. The maximum atomic E-state index is 12.9. The molecule has 0 spiro atoms. The molecule has 7 heteroatoms. The van der Waals surface area contributed by atoms with Crippen LogP contribution in [0, 0.1) is 6.92 Å². The van der Waals surface area contributed by atoms with Gasteiger partial charge in [0.15, 0.2) is 0 Å². The van der Waals surface area contributed by atoms with Crippen LogP contribution in [-0.2, 0) is 25.2 Å². The molecule has 160 valence electrons. The molecule has 0 aliphatic carbocycles. The molecule has 2 N–H and O–H groups in total. The molecule has 1 unspecified atom stereocenters. The van der Waals surface area contributed by atoms with Gasteiger partial charge in [-0.3, -0.25) is 4.79 Å². The largest absolute Gasteiger partial charge is 0.321 e. The molecule has 0 aliphatic rings. The fourth-order valence-electron chi connectivity index (χ4n) is 3.96. The summed E-state index contributed by atoms with van der Waals surface area (Å²) in [4.78, 5) is 17.2. The fraction of sp³-hybridized carbons (Fsp3) is 0.333. The highest BCUT2D eigenvalue weighted by molar-refractivity contribution is 5.81. The third-order valence-corrected chi connectivity index (χ3v) is 5.48. The number of nitrogens with one attached hydrogen (secondary N) is 2. The second kappa shape index (κ2) is 8.43. The minimum atomic E-state index is -0.214. The van der Waals surface area contributed by atoms with E-state index in [-0.39, 0.29) is 11.1 Å². The van der Waals surface area contributed by atoms with Gasteiger partial charge in [0, 0.05) is 5.56 Å². The number of para-hydroxylation sites is 1. The lowest BCUT2D eigenvalue weighted by molar-refractivity contribution is -0.942. The number of hydrogen-bond acceptors (Lipinski definition) is 4. The van der Waals surface area contributed by atoms with Gasteiger partial charge in [0.05, 0.1) is 16.6 Å². The number of hydrogen-bond donors (Lipinski definition) is 2. The van der Waals surface area contributed by atoms with E-state index in [0.29, 0.717) is 13.1 Å². The van der Waals surface area contributed by atoms with Gasteiger partial charge in [-0.05, 0) is 55.1 Å². The monoisotopic (exact) mass is 417 g/mol. The summed E-state index contributed by atoms with van der Waals surface area (Å²) in [6.45, 7) is 10.2. The number of aromatic nitrogens is 5. The van der Waals surface area contributed by atoms with Crippen molar-refractivity contribution in [3.8, 4) is 0 Å². The summed E-state index contributed by atoms with van der Waals surface area (Å²) in [7, 11) is 0. The van der Waals surface area contributed by atoms with Gasteiger partial charge in [0.1, 0.15) is 19.6 Å². The molecule has 2 aromatic carbocycles. The predicted molar refractivity (Wildman–Crippen MR) is 121 cm³/mol. The van der Waals surface area contributed by atoms with E-state index >= 15 is 0 Å². The van der Waals surface area contributed by atoms with Gasteiger partial charge >= 0.3 is 0 Å². The second-order valence-corrected chi connectivity index (χ2v) is 9.11. The Bertz CT molecular complexity index is 1240. The quantitative estimate of drug-likeness (QED) is 0.505. The molecule has 7 nitrogen and oxygen atoms in total. The van der Waals surface area contributed by atoms with Crippen molar-refractivity contribution in [3.05, 3.63) is 87.5 Å². The number of H-pyrrole nitrogens is 1. The number of aryl methyl sites for hydroxylation is 1. The molecule has 0 fully saturated rings. The summed E-state index contributed by atoms with van der Waals surface area (Å²) in [6.07, 6.45) is 0. The smallest absolute Gasteiger partial charge is 0.257 e. The summed E-state index contributed by atoms with van der Waals surface area (Å²) in [6, 6.07) is 18.4. The van der Waals surface area contributed by atoms with E-state index in [9.17, 15) is 4.79 Å². The normalized spacial score (nSPS) is 12.9. The maximum absolute atomic E-state index is 12.9. The minimum absolute atomic E-state index is 0.0391. The van der Waals surface area contributed by atoms with Crippen LogP contribution >= 0.6 is 0 Å². The SMILES string of the molecule is Cc1cccc2cc(C[NH+](Cc3ccccc3)Cc3nnnn3C(C)(C)C)c(=O)[nH]c12. The minimum Gasteiger partial charge on any atom is -0.321 e. The van der Waals surface area contributed by atoms with E-state index in [4.69, 9.17) is 0 Å². The zero-order valence-corrected chi connectivity index (χ0v) is 18.5. The molecule has 0 bridgehead atoms. The lowest BCUT2D eigenvalue weighted by Crippen LogP contribution is -3.08. The third kappa shape index (κ3) is 4.72. The zero-order valence-electron chi connectivity index (χ0n) is 18.5. The first-order valence-electron chi connectivity index (χ1n) is 10.6. The maximum Gasteiger partial charge on any atom is 0.257 e. The lowest BCUT2D eigenvalue weighted by atomic mass is 10.1. The molecule has 0 aliphatic heterocycles. The standard InChI is InChI=1S/C24H28N6O/c1-17-9-8-12-19-13-20(23(31)25-22(17)19)15-29(14-18-10-6-5-7-11-18)16-21-26-27-28-30(21)24(2,3)4/h5-13H,14-16H2,1-4H3,(H,25,31)/p+1. The summed E-state index contributed by atoms with van der Waals surface area (Å²) in [5.41, 5.74) is 3.69. The van der Waals surface area contributed by atoms with Crippen LogP contribution in [0.5, 0.6) is 0 Å². The van der Waals surface area contributed by atoms with Gasteiger partial charge in [-0.15, -0.1) is 5.10 Å². The van der Waals surface area contributed by atoms with Crippen LogP contribution in [0.3, 0.4) is 0 Å². The number of benzene rings is 2. The van der Waals surface area contributed by atoms with Crippen molar-refractivity contribution in [1.29, 1.82) is 0 Å². The molecule has 2 aromatic heterocycles. The number of nitrogens with zero attached hydrogens (tertiary/aromatic N) is 4. The van der Waals surface area contributed by atoms with Gasteiger partial charge < -0.3 is 9.88 Å². The Labute approximate surface area is 181 Å². The van der Waals surface area contributed by atoms with E-state index in [1.54, 1.807) is 0 Å². The Hall–Kier alpha value is -3.32. The van der Waals surface area contributed by atoms with E-state index in [1.807, 2.05) is 54.1 Å². The lowest BCUT2D eigenvalue weighted by Gasteiger charge is -2.23. The molecule has 0 saturated carbocycles. The number of rotatable bonds is 6. The van der Waals surface area contributed by atoms with Crippen LogP contribution in [0.15, 0.2) is 59.4 Å². The van der Waals surface area contributed by atoms with E-state index in [0.717, 1.165) is 34.4 Å². The van der Waals surface area contributed by atoms with Crippen molar-refractivity contribution in [2.45, 2.75) is 52.9 Å². The van der Waals surface area contributed by atoms with Crippen LogP contribution < -0.4 is 10.5 Å². The van der Waals surface area contributed by atoms with Gasteiger partial charge in [-0.25, -0.2) is 4.68 Å². The molecular formula is C24H29N6O+. The molecule has 0 saturated heterocycles. The van der Waals surface area contributed by atoms with Crippen molar-refractivity contribution in [2.24, 2.45) is 0 Å². The molecular weight excluding hydrogens is 388 g/mol. The van der Waals surface area contributed by atoms with Crippen molar-refractivity contribution in [1.82, 2.24) is 25.2 Å². The molecule has 31 heavy (non-hydrogen) atoms. The van der Waals surface area contributed by atoms with E-state index in [1.165, 1.54) is 10.5 Å². The Morgan fingerprint density at radius 3 is 2.52 bits per heavy atom. The summed E-state index contributed by atoms with van der Waals surface area (Å²) in [5.74, 6) is 0.812. The van der Waals surface area contributed by atoms with Gasteiger partial charge in [-0.2, -0.15) is 0 Å². The predicted octanol–water partition coefficient (Wildman–Crippen LogP) is 2.36. The molecule has 2 heterocycles. The first-order valence-corrected chi connectivity index (χ1v) is 10.6. The number of quaternary nitrogens is 1. The molecule has 0 radical (unpaired) electrons. The highest BCUT2D eigenvalue weighted by Gasteiger charge is 2.24. The molecule has 1 atom stereocenters. The van der Waals surface area contributed by atoms with Crippen molar-refractivity contribution >= 4 is 10.9 Å². The summed E-state index contributed by atoms with van der Waals surface area (Å²) >= 11 is 0. The average molecular weight is 418 g/mol. The van der Waals surface area contributed by atoms with E-state index in [2.05, 4.69) is 53.4 Å². The van der Waals surface area contributed by atoms with Crippen LogP contribution in [0.1, 0.15) is 43.3 Å². The third-order valence-electron chi connectivity index (χ3n) is 5.48. The Kier molecular flexibility index (Phi) is 5.69. The number of pyridine rings is 1. The Balaban J connectivity index is 1.68. The highest BCUT2D eigenvalue weighted by atomic mass is 16.1. The highest BCUT2D eigenvalue weighted by Crippen LogP contribution is 2.15. The van der Waals surface area contributed by atoms with Gasteiger partial charge in [-0.1, -0.05) is 48.5 Å². The second-order valence-electron chi connectivity index (χ2n) is 9.11. The summed E-state index contributed by atoms with van der Waals surface area (Å²) < 4.78 is 1.87. The molecule has 4 rings (SSSR count). The number of fused-ring (bicyclic) bond motifs is 1. The first-order chi connectivity index (χ1) is 14.8. The van der Waals surface area contributed by atoms with E-state index < -0.39 is 0 Å². The Morgan fingerprint density at radius 1 is 1.00 bits per heavy atom. The molecule has 0 amide bonds. The fourth-order valence-corrected chi connectivity index (χ4v) is 3.96. The van der Waals surface area contributed by atoms with Crippen LogP contribution in [0.4, 0.5) is 0 Å². The van der Waals surface area contributed by atoms with Gasteiger partial charge in [0.25, 0.3) is 5.56 Å². The first kappa shape index (κ1) is 20.9. The topological polar surface area (TPSA) is 80.9 Å². The van der Waals surface area contributed by atoms with Gasteiger partial charge in [0.2, 0.25) is 5.82 Å². The Morgan fingerprint density at radius 2 is 1.77 bits per heavy atom. The molecule has 4 aromatic rings.